The van der Waals surface area contributed by atoms with Crippen LogP contribution in [0.15, 0.2) is 206 Å². The highest BCUT2D eigenvalue weighted by Gasteiger charge is 2.29. The number of nitrogens with zero attached hydrogens (tertiary/aromatic N) is 4. The van der Waals surface area contributed by atoms with Crippen LogP contribution in [0, 0.1) is 0 Å². The van der Waals surface area contributed by atoms with Gasteiger partial charge in [-0.2, -0.15) is 0 Å². The molecule has 1 heterocycles. The average molecular weight is 691 g/mol. The molecule has 4 nitrogen and oxygen atoms in total. The number of hydrogen-bond donors (Lipinski definition) is 0. The number of rotatable bonds is 8. The van der Waals surface area contributed by atoms with Gasteiger partial charge in [-0.25, -0.2) is 9.97 Å². The molecule has 0 atom stereocenters. The molecule has 0 saturated carbocycles. The standard InChI is InChI=1S/C50H34N4/c1-6-18-36(19-7-1)50-51-48(47-44-30-16-20-35-21-17-31-45(46(35)44)49(47)52-50)37-32-42(53(38-22-8-2-9-23-38)39-24-10-3-11-25-39)34-43(33-37)54(40-26-12-4-13-27-40)41-28-14-5-15-29-41/h1-34H. The van der Waals surface area contributed by atoms with E-state index in [0.29, 0.717) is 5.82 Å². The SMILES string of the molecule is c1ccc(-c2nc(-c3cc(N(c4ccccc4)c4ccccc4)cc(N(c4ccccc4)c4ccccc4)c3)c3c(n2)-c2cccc4cccc-3c24)cc1. The van der Waals surface area contributed by atoms with Crippen molar-refractivity contribution in [2.24, 2.45) is 0 Å². The van der Waals surface area contributed by atoms with Gasteiger partial charge in [0, 0.05) is 56.4 Å². The second kappa shape index (κ2) is 13.4. The van der Waals surface area contributed by atoms with Crippen LogP contribution in [0.1, 0.15) is 0 Å². The highest BCUT2D eigenvalue weighted by atomic mass is 15.2. The molecule has 1 aromatic heterocycles. The van der Waals surface area contributed by atoms with Gasteiger partial charge < -0.3 is 9.80 Å². The van der Waals surface area contributed by atoms with E-state index in [4.69, 9.17) is 9.97 Å². The van der Waals surface area contributed by atoms with Crippen LogP contribution in [-0.4, -0.2) is 9.97 Å². The Balaban J connectivity index is 1.30. The average Bonchev–Trinajstić information content (AvgIpc) is 3.57. The lowest BCUT2D eigenvalue weighted by Crippen LogP contribution is -2.13. The van der Waals surface area contributed by atoms with Gasteiger partial charge in [-0.3, -0.25) is 0 Å². The van der Waals surface area contributed by atoms with Gasteiger partial charge in [0.2, 0.25) is 0 Å². The summed E-state index contributed by atoms with van der Waals surface area (Å²) in [6.45, 7) is 0. The molecule has 0 aliphatic heterocycles. The van der Waals surface area contributed by atoms with E-state index in [2.05, 4.69) is 210 Å². The van der Waals surface area contributed by atoms with Gasteiger partial charge in [-0.1, -0.05) is 140 Å². The van der Waals surface area contributed by atoms with Crippen molar-refractivity contribution in [1.82, 2.24) is 9.97 Å². The summed E-state index contributed by atoms with van der Waals surface area (Å²) in [5, 5.41) is 2.42. The topological polar surface area (TPSA) is 32.3 Å². The van der Waals surface area contributed by atoms with E-state index in [1.807, 2.05) is 6.07 Å². The van der Waals surface area contributed by atoms with Crippen LogP contribution in [0.4, 0.5) is 34.1 Å². The second-order valence-corrected chi connectivity index (χ2v) is 13.4. The van der Waals surface area contributed by atoms with Gasteiger partial charge in [0.25, 0.3) is 0 Å². The summed E-state index contributed by atoms with van der Waals surface area (Å²) in [5.41, 5.74) is 13.5. The number of hydrogen-bond acceptors (Lipinski definition) is 4. The predicted octanol–water partition coefficient (Wildman–Crippen LogP) is 13.6. The Kier molecular flexibility index (Phi) is 7.77. The molecule has 1 aliphatic rings. The van der Waals surface area contributed by atoms with Crippen LogP contribution >= 0.6 is 0 Å². The largest absolute Gasteiger partial charge is 0.310 e. The molecular formula is C50H34N4. The van der Waals surface area contributed by atoms with E-state index in [9.17, 15) is 0 Å². The van der Waals surface area contributed by atoms with E-state index >= 15 is 0 Å². The van der Waals surface area contributed by atoms with Crippen molar-refractivity contribution in [3.05, 3.63) is 206 Å². The fraction of sp³-hybridized carbons (Fsp3) is 0. The molecule has 0 amide bonds. The van der Waals surface area contributed by atoms with Crippen molar-refractivity contribution in [3.63, 3.8) is 0 Å². The molecule has 9 aromatic rings. The molecule has 0 spiro atoms. The van der Waals surface area contributed by atoms with Crippen molar-refractivity contribution in [2.75, 3.05) is 9.80 Å². The maximum Gasteiger partial charge on any atom is 0.160 e. The summed E-state index contributed by atoms with van der Waals surface area (Å²) in [4.78, 5) is 15.5. The molecule has 0 bridgehead atoms. The summed E-state index contributed by atoms with van der Waals surface area (Å²) in [7, 11) is 0. The van der Waals surface area contributed by atoms with Crippen molar-refractivity contribution in [2.45, 2.75) is 0 Å². The van der Waals surface area contributed by atoms with Crippen molar-refractivity contribution >= 4 is 44.9 Å². The molecule has 4 heteroatoms. The van der Waals surface area contributed by atoms with Crippen LogP contribution in [0.2, 0.25) is 0 Å². The first-order chi connectivity index (χ1) is 26.8. The molecule has 8 aromatic carbocycles. The Morgan fingerprint density at radius 2 is 0.741 bits per heavy atom. The monoisotopic (exact) mass is 690 g/mol. The summed E-state index contributed by atoms with van der Waals surface area (Å²) in [6, 6.07) is 72.6. The smallest absolute Gasteiger partial charge is 0.160 e. The minimum atomic E-state index is 0.701. The number of benzene rings is 8. The van der Waals surface area contributed by atoms with E-state index in [1.165, 1.54) is 10.8 Å². The van der Waals surface area contributed by atoms with Crippen LogP contribution in [0.3, 0.4) is 0 Å². The number of para-hydroxylation sites is 4. The summed E-state index contributed by atoms with van der Waals surface area (Å²) in [6.07, 6.45) is 0. The van der Waals surface area contributed by atoms with Gasteiger partial charge in [0.05, 0.1) is 11.4 Å². The maximum atomic E-state index is 5.50. The fourth-order valence-corrected chi connectivity index (χ4v) is 7.78. The van der Waals surface area contributed by atoms with Crippen molar-refractivity contribution < 1.29 is 0 Å². The van der Waals surface area contributed by atoms with E-state index in [1.54, 1.807) is 0 Å². The number of fused-ring (bicyclic) bond motifs is 3. The van der Waals surface area contributed by atoms with Crippen LogP contribution in [0.25, 0.3) is 55.8 Å². The molecule has 0 N–H and O–H groups in total. The maximum absolute atomic E-state index is 5.50. The highest BCUT2D eigenvalue weighted by Crippen LogP contribution is 2.51. The van der Waals surface area contributed by atoms with Gasteiger partial charge in [-0.05, 0) is 83.1 Å². The molecule has 0 radical (unpaired) electrons. The third kappa shape index (κ3) is 5.49. The Labute approximate surface area is 314 Å². The number of aromatic nitrogens is 2. The second-order valence-electron chi connectivity index (χ2n) is 13.4. The minimum Gasteiger partial charge on any atom is -0.310 e. The Morgan fingerprint density at radius 1 is 0.315 bits per heavy atom. The Bertz CT molecular complexity index is 2570. The quantitative estimate of drug-likeness (QED) is 0.159. The van der Waals surface area contributed by atoms with E-state index in [0.717, 1.165) is 73.3 Å². The zero-order valence-electron chi connectivity index (χ0n) is 29.4. The van der Waals surface area contributed by atoms with Gasteiger partial charge in [0.1, 0.15) is 0 Å². The normalized spacial score (nSPS) is 11.3. The molecule has 0 fully saturated rings. The Morgan fingerprint density at radius 3 is 1.22 bits per heavy atom. The third-order valence-electron chi connectivity index (χ3n) is 10.1. The lowest BCUT2D eigenvalue weighted by molar-refractivity contribution is 1.19. The van der Waals surface area contributed by atoms with Crippen LogP contribution < -0.4 is 9.80 Å². The lowest BCUT2D eigenvalue weighted by Gasteiger charge is -2.30. The first-order valence-electron chi connectivity index (χ1n) is 18.3. The fourth-order valence-electron chi connectivity index (χ4n) is 7.78. The van der Waals surface area contributed by atoms with Crippen LogP contribution in [-0.2, 0) is 0 Å². The summed E-state index contributed by atoms with van der Waals surface area (Å²) >= 11 is 0. The molecule has 254 valence electrons. The van der Waals surface area contributed by atoms with Gasteiger partial charge in [-0.15, -0.1) is 0 Å². The first-order valence-corrected chi connectivity index (χ1v) is 18.3. The van der Waals surface area contributed by atoms with E-state index in [-0.39, 0.29) is 0 Å². The van der Waals surface area contributed by atoms with Crippen molar-refractivity contribution in [3.8, 4) is 45.0 Å². The number of anilines is 6. The molecule has 0 saturated heterocycles. The zero-order chi connectivity index (χ0) is 35.8. The predicted molar refractivity (Wildman–Crippen MR) is 224 cm³/mol. The van der Waals surface area contributed by atoms with Gasteiger partial charge >= 0.3 is 0 Å². The zero-order valence-corrected chi connectivity index (χ0v) is 29.4. The Hall–Kier alpha value is -7.30. The van der Waals surface area contributed by atoms with E-state index < -0.39 is 0 Å². The van der Waals surface area contributed by atoms with Crippen LogP contribution in [0.5, 0.6) is 0 Å². The third-order valence-corrected chi connectivity index (χ3v) is 10.1. The van der Waals surface area contributed by atoms with Crippen molar-refractivity contribution in [1.29, 1.82) is 0 Å². The molecule has 54 heavy (non-hydrogen) atoms. The molecular weight excluding hydrogens is 657 g/mol. The summed E-state index contributed by atoms with van der Waals surface area (Å²) in [5.74, 6) is 0.701. The minimum absolute atomic E-state index is 0.701. The lowest BCUT2D eigenvalue weighted by atomic mass is 9.98. The summed E-state index contributed by atoms with van der Waals surface area (Å²) < 4.78 is 0. The first kappa shape index (κ1) is 31.4. The van der Waals surface area contributed by atoms with Gasteiger partial charge in [0.15, 0.2) is 5.82 Å². The highest BCUT2D eigenvalue weighted by molar-refractivity contribution is 6.17. The molecule has 1 aliphatic carbocycles. The molecule has 0 unspecified atom stereocenters. The molecule has 10 rings (SSSR count).